The van der Waals surface area contributed by atoms with Gasteiger partial charge in [0.05, 0.1) is 0 Å². The molecule has 0 rings (SSSR count). The smallest absolute Gasteiger partial charge is 0.112 e. The predicted octanol–water partition coefficient (Wildman–Crippen LogP) is 5.50. The van der Waals surface area contributed by atoms with Gasteiger partial charge in [-0.1, -0.05) is 53.4 Å². The average molecular weight is 463 g/mol. The van der Waals surface area contributed by atoms with Crippen LogP contribution in [0.5, 0.6) is 0 Å². The highest BCUT2D eigenvalue weighted by atomic mass is 19.1. The molecule has 0 aromatic rings. The molecule has 8 heteroatoms. The summed E-state index contributed by atoms with van der Waals surface area (Å²) in [6.45, 7) is 12.1. The Labute approximate surface area is 190 Å². The van der Waals surface area contributed by atoms with Crippen LogP contribution in [-0.4, -0.2) is 49.4 Å². The summed E-state index contributed by atoms with van der Waals surface area (Å²) in [5.74, 6) is 0. The highest BCUT2D eigenvalue weighted by Gasteiger charge is 2.09. The van der Waals surface area contributed by atoms with Crippen molar-refractivity contribution in [1.82, 2.24) is 0 Å². The van der Waals surface area contributed by atoms with Gasteiger partial charge in [0.2, 0.25) is 0 Å². The first-order valence-electron chi connectivity index (χ1n) is 11.9. The molecule has 8 N–H and O–H groups in total. The normalized spacial score (nSPS) is 17.1. The van der Waals surface area contributed by atoms with Crippen molar-refractivity contribution in [2.45, 2.75) is 143 Å². The largest absolute Gasteiger partial charge is 0.325 e. The molecule has 0 aliphatic rings. The van der Waals surface area contributed by atoms with Crippen molar-refractivity contribution < 1.29 is 17.6 Å². The Morgan fingerprint density at radius 2 is 0.742 bits per heavy atom. The molecule has 0 fully saturated rings. The van der Waals surface area contributed by atoms with Crippen molar-refractivity contribution in [1.29, 1.82) is 0 Å². The lowest BCUT2D eigenvalue weighted by atomic mass is 10.1. The lowest BCUT2D eigenvalue weighted by molar-refractivity contribution is 0.294. The molecule has 4 nitrogen and oxygen atoms in total. The van der Waals surface area contributed by atoms with Crippen molar-refractivity contribution in [3.05, 3.63) is 0 Å². The quantitative estimate of drug-likeness (QED) is 0.287. The molecule has 0 aromatic carbocycles. The van der Waals surface area contributed by atoms with Gasteiger partial charge in [-0.25, -0.2) is 17.6 Å². The van der Waals surface area contributed by atoms with Gasteiger partial charge in [0, 0.05) is 24.2 Å². The van der Waals surface area contributed by atoms with Crippen LogP contribution in [0.4, 0.5) is 17.6 Å². The van der Waals surface area contributed by atoms with E-state index in [0.29, 0.717) is 0 Å². The summed E-state index contributed by atoms with van der Waals surface area (Å²) in [6, 6.07) is -0.968. The summed E-state index contributed by atoms with van der Waals surface area (Å²) in [6.07, 6.45) is 4.49. The fraction of sp³-hybridized carbons (Fsp3) is 1.00. The first kappa shape index (κ1) is 37.9. The van der Waals surface area contributed by atoms with Gasteiger partial charge in [0.15, 0.2) is 0 Å². The minimum absolute atomic E-state index is 0.218. The SMILES string of the molecule is CCC[C@H](N)CF.CCC[C@H](N)[C@@H](C)F.CCC[C@H](N)[C@@H](C)F.CCC[C@H](N)[C@H](C)F. The second kappa shape index (κ2) is 27.6. The van der Waals surface area contributed by atoms with Gasteiger partial charge in [0.25, 0.3) is 0 Å². The zero-order chi connectivity index (χ0) is 25.4. The second-order valence-electron chi connectivity index (χ2n) is 8.09. The number of halogens is 4. The van der Waals surface area contributed by atoms with Crippen LogP contribution in [0.25, 0.3) is 0 Å². The van der Waals surface area contributed by atoms with Crippen LogP contribution in [0.1, 0.15) is 99.8 Å². The van der Waals surface area contributed by atoms with Crippen molar-refractivity contribution in [3.8, 4) is 0 Å². The van der Waals surface area contributed by atoms with E-state index in [1.165, 1.54) is 20.8 Å². The molecule has 0 unspecified atom stereocenters. The maximum Gasteiger partial charge on any atom is 0.112 e. The van der Waals surface area contributed by atoms with Gasteiger partial charge in [-0.2, -0.15) is 0 Å². The van der Waals surface area contributed by atoms with Crippen LogP contribution in [0.2, 0.25) is 0 Å². The Morgan fingerprint density at radius 1 is 0.516 bits per heavy atom. The number of rotatable bonds is 12. The summed E-state index contributed by atoms with van der Waals surface area (Å²) in [5.41, 5.74) is 21.3. The third-order valence-corrected chi connectivity index (χ3v) is 4.49. The first-order chi connectivity index (χ1) is 14.4. The molecule has 0 bridgehead atoms. The Kier molecular flexibility index (Phi) is 33.7. The number of hydrogen-bond donors (Lipinski definition) is 4. The zero-order valence-electron chi connectivity index (χ0n) is 21.2. The lowest BCUT2D eigenvalue weighted by Crippen LogP contribution is -2.28. The Hall–Kier alpha value is -0.440. The monoisotopic (exact) mass is 462 g/mol. The Morgan fingerprint density at radius 3 is 0.806 bits per heavy atom. The predicted molar refractivity (Wildman–Crippen MR) is 129 cm³/mol. The van der Waals surface area contributed by atoms with E-state index in [-0.39, 0.29) is 30.8 Å². The topological polar surface area (TPSA) is 104 Å². The van der Waals surface area contributed by atoms with E-state index in [1.807, 2.05) is 27.7 Å². The van der Waals surface area contributed by atoms with Crippen molar-refractivity contribution in [2.24, 2.45) is 22.9 Å². The minimum atomic E-state index is -0.852. The first-order valence-corrected chi connectivity index (χ1v) is 11.9. The van der Waals surface area contributed by atoms with Crippen molar-refractivity contribution >= 4 is 0 Å². The molecule has 0 amide bonds. The summed E-state index contributed by atoms with van der Waals surface area (Å²) >= 11 is 0. The summed E-state index contributed by atoms with van der Waals surface area (Å²) in [5, 5.41) is 0. The third-order valence-electron chi connectivity index (χ3n) is 4.49. The molecule has 0 radical (unpaired) electrons. The van der Waals surface area contributed by atoms with Gasteiger partial charge in [-0.15, -0.1) is 0 Å². The van der Waals surface area contributed by atoms with E-state index in [9.17, 15) is 17.6 Å². The molecule has 0 spiro atoms. The van der Waals surface area contributed by atoms with Crippen molar-refractivity contribution in [2.75, 3.05) is 6.67 Å². The van der Waals surface area contributed by atoms with Gasteiger partial charge in [0.1, 0.15) is 25.2 Å². The lowest BCUT2D eigenvalue weighted by Gasteiger charge is -2.09. The van der Waals surface area contributed by atoms with Crippen LogP contribution in [0.3, 0.4) is 0 Å². The average Bonchev–Trinajstić information content (AvgIpc) is 2.70. The van der Waals surface area contributed by atoms with Crippen LogP contribution >= 0.6 is 0 Å². The third kappa shape index (κ3) is 34.4. The van der Waals surface area contributed by atoms with E-state index in [4.69, 9.17) is 22.9 Å². The van der Waals surface area contributed by atoms with Crippen LogP contribution in [0.15, 0.2) is 0 Å². The summed E-state index contributed by atoms with van der Waals surface area (Å²) in [4.78, 5) is 0. The number of hydrogen-bond acceptors (Lipinski definition) is 4. The molecule has 0 heterocycles. The molecule has 0 saturated carbocycles. The summed E-state index contributed by atoms with van der Waals surface area (Å²) < 4.78 is 47.9. The van der Waals surface area contributed by atoms with E-state index in [1.54, 1.807) is 0 Å². The molecule has 31 heavy (non-hydrogen) atoms. The highest BCUT2D eigenvalue weighted by Crippen LogP contribution is 2.02. The van der Waals surface area contributed by atoms with Gasteiger partial charge in [-0.3, -0.25) is 0 Å². The molecular weight excluding hydrogens is 408 g/mol. The van der Waals surface area contributed by atoms with E-state index in [2.05, 4.69) is 0 Å². The van der Waals surface area contributed by atoms with Gasteiger partial charge >= 0.3 is 0 Å². The molecule has 0 aliphatic heterocycles. The minimum Gasteiger partial charge on any atom is -0.325 e. The van der Waals surface area contributed by atoms with Crippen LogP contribution in [0, 0.1) is 0 Å². The van der Waals surface area contributed by atoms with E-state index in [0.717, 1.165) is 51.4 Å². The molecular formula is C23H54F4N4. The fourth-order valence-electron chi connectivity index (χ4n) is 2.14. The summed E-state index contributed by atoms with van der Waals surface area (Å²) in [7, 11) is 0. The van der Waals surface area contributed by atoms with E-state index >= 15 is 0 Å². The van der Waals surface area contributed by atoms with Crippen molar-refractivity contribution in [3.63, 3.8) is 0 Å². The van der Waals surface area contributed by atoms with Crippen LogP contribution < -0.4 is 22.9 Å². The second-order valence-corrected chi connectivity index (χ2v) is 8.09. The maximum atomic E-state index is 12.2. The number of alkyl halides is 4. The van der Waals surface area contributed by atoms with Crippen LogP contribution in [-0.2, 0) is 0 Å². The Bertz CT molecular complexity index is 284. The zero-order valence-corrected chi connectivity index (χ0v) is 21.2. The van der Waals surface area contributed by atoms with Gasteiger partial charge in [-0.05, 0) is 46.5 Å². The Balaban J connectivity index is -0.000000157. The number of nitrogens with two attached hydrogens (primary N) is 4. The molecule has 7 atom stereocenters. The molecule has 0 aromatic heterocycles. The fourth-order valence-corrected chi connectivity index (χ4v) is 2.14. The maximum absolute atomic E-state index is 12.2. The van der Waals surface area contributed by atoms with Gasteiger partial charge < -0.3 is 22.9 Å². The highest BCUT2D eigenvalue weighted by molar-refractivity contribution is 4.67. The van der Waals surface area contributed by atoms with E-state index < -0.39 is 18.5 Å². The standard InChI is InChI=1S/3C6H14FN.C5H12FN/c3*1-3-4-6(8)5(2)7;1-2-3-5(7)4-6/h3*5-6H,3-4,8H2,1-2H3;5H,2-4,7H2,1H3/t2*5-,6+;5-,6-;5-/m1100/s1. The molecule has 194 valence electrons. The molecule has 0 aliphatic carbocycles. The molecule has 0 saturated heterocycles.